The van der Waals surface area contributed by atoms with E-state index in [1.807, 2.05) is 19.1 Å². The molecule has 0 saturated heterocycles. The van der Waals surface area contributed by atoms with Crippen molar-refractivity contribution in [1.82, 2.24) is 0 Å². The standard InChI is InChI=1S/C17H22N2O/c1-8-3-6-12(18)16(9(8)2)19-17(20)15-13-10-4-5-11(7-10)14(13)15/h3,6,10-11,13-15H,4-5,7,18H2,1-2H3,(H,19,20). The van der Waals surface area contributed by atoms with Gasteiger partial charge in [-0.1, -0.05) is 6.07 Å². The Morgan fingerprint density at radius 2 is 1.85 bits per heavy atom. The minimum atomic E-state index is 0.206. The lowest BCUT2D eigenvalue weighted by Gasteiger charge is -2.15. The first kappa shape index (κ1) is 12.2. The topological polar surface area (TPSA) is 55.1 Å². The van der Waals surface area contributed by atoms with Crippen LogP contribution in [0.3, 0.4) is 0 Å². The number of hydrogen-bond acceptors (Lipinski definition) is 2. The summed E-state index contributed by atoms with van der Waals surface area (Å²) in [5.74, 6) is 3.49. The fraction of sp³-hybridized carbons (Fsp3) is 0.588. The number of anilines is 2. The van der Waals surface area contributed by atoms with Crippen LogP contribution in [0.15, 0.2) is 12.1 Å². The molecule has 20 heavy (non-hydrogen) atoms. The molecule has 4 atom stereocenters. The van der Waals surface area contributed by atoms with Gasteiger partial charge in [-0.15, -0.1) is 0 Å². The van der Waals surface area contributed by atoms with Gasteiger partial charge in [-0.25, -0.2) is 0 Å². The van der Waals surface area contributed by atoms with Crippen LogP contribution >= 0.6 is 0 Å². The van der Waals surface area contributed by atoms with E-state index >= 15 is 0 Å². The number of hydrogen-bond donors (Lipinski definition) is 2. The Labute approximate surface area is 119 Å². The number of carbonyl (C=O) groups is 1. The molecule has 0 radical (unpaired) electrons. The summed E-state index contributed by atoms with van der Waals surface area (Å²) in [6.45, 7) is 4.08. The van der Waals surface area contributed by atoms with Crippen LogP contribution in [0.4, 0.5) is 11.4 Å². The normalized spacial score (nSPS) is 36.8. The summed E-state index contributed by atoms with van der Waals surface area (Å²) in [4.78, 5) is 12.6. The molecule has 3 aliphatic carbocycles. The van der Waals surface area contributed by atoms with Crippen molar-refractivity contribution < 1.29 is 4.79 Å². The van der Waals surface area contributed by atoms with Crippen LogP contribution in [-0.4, -0.2) is 5.91 Å². The average Bonchev–Trinajstić information content (AvgIpc) is 2.88. The lowest BCUT2D eigenvalue weighted by molar-refractivity contribution is -0.118. The van der Waals surface area contributed by atoms with Gasteiger partial charge in [-0.3, -0.25) is 4.79 Å². The van der Waals surface area contributed by atoms with Crippen molar-refractivity contribution in [3.63, 3.8) is 0 Å². The molecule has 0 aliphatic heterocycles. The average molecular weight is 270 g/mol. The van der Waals surface area contributed by atoms with Gasteiger partial charge < -0.3 is 11.1 Å². The van der Waals surface area contributed by atoms with E-state index in [4.69, 9.17) is 5.73 Å². The van der Waals surface area contributed by atoms with Crippen molar-refractivity contribution in [3.8, 4) is 0 Å². The Kier molecular flexibility index (Phi) is 2.45. The highest BCUT2D eigenvalue weighted by Gasteiger charge is 2.67. The Balaban J connectivity index is 1.54. The summed E-state index contributed by atoms with van der Waals surface area (Å²) in [5.41, 5.74) is 9.79. The van der Waals surface area contributed by atoms with E-state index in [1.165, 1.54) is 24.8 Å². The first-order valence-electron chi connectivity index (χ1n) is 7.74. The van der Waals surface area contributed by atoms with Gasteiger partial charge >= 0.3 is 0 Å². The second-order valence-corrected chi connectivity index (χ2v) is 6.97. The number of carbonyl (C=O) groups excluding carboxylic acids is 1. The number of nitrogens with one attached hydrogen (secondary N) is 1. The Hall–Kier alpha value is -1.51. The largest absolute Gasteiger partial charge is 0.397 e. The van der Waals surface area contributed by atoms with Crippen molar-refractivity contribution in [2.45, 2.75) is 33.1 Å². The molecule has 106 valence electrons. The summed E-state index contributed by atoms with van der Waals surface area (Å²) in [6, 6.07) is 3.89. The summed E-state index contributed by atoms with van der Waals surface area (Å²) >= 11 is 0. The van der Waals surface area contributed by atoms with E-state index in [0.29, 0.717) is 17.5 Å². The number of amides is 1. The molecule has 3 heteroatoms. The van der Waals surface area contributed by atoms with Gasteiger partial charge in [0.05, 0.1) is 11.4 Å². The number of aryl methyl sites for hydroxylation is 1. The molecule has 3 N–H and O–H groups in total. The maximum atomic E-state index is 12.6. The molecule has 0 spiro atoms. The van der Waals surface area contributed by atoms with Crippen molar-refractivity contribution in [1.29, 1.82) is 0 Å². The van der Waals surface area contributed by atoms with Crippen molar-refractivity contribution in [3.05, 3.63) is 23.3 Å². The number of nitrogens with two attached hydrogens (primary N) is 1. The molecule has 0 aromatic heterocycles. The number of nitrogen functional groups attached to an aromatic ring is 1. The maximum Gasteiger partial charge on any atom is 0.228 e. The molecule has 4 rings (SSSR count). The van der Waals surface area contributed by atoms with E-state index in [2.05, 4.69) is 12.2 Å². The summed E-state index contributed by atoms with van der Waals surface area (Å²) in [6.07, 6.45) is 4.08. The van der Waals surface area contributed by atoms with Gasteiger partial charge in [0.15, 0.2) is 0 Å². The smallest absolute Gasteiger partial charge is 0.228 e. The van der Waals surface area contributed by atoms with Crippen LogP contribution < -0.4 is 11.1 Å². The molecule has 0 heterocycles. The zero-order valence-corrected chi connectivity index (χ0v) is 12.1. The second-order valence-electron chi connectivity index (χ2n) is 6.97. The van der Waals surface area contributed by atoms with Gasteiger partial charge in [0.1, 0.15) is 0 Å². The van der Waals surface area contributed by atoms with Crippen LogP contribution in [0, 0.1) is 43.4 Å². The van der Waals surface area contributed by atoms with Crippen LogP contribution in [0.2, 0.25) is 0 Å². The van der Waals surface area contributed by atoms with Gasteiger partial charge in [0, 0.05) is 5.92 Å². The highest BCUT2D eigenvalue weighted by Crippen LogP contribution is 2.69. The Morgan fingerprint density at radius 3 is 2.50 bits per heavy atom. The van der Waals surface area contributed by atoms with Crippen molar-refractivity contribution in [2.24, 2.45) is 29.6 Å². The lowest BCUT2D eigenvalue weighted by Crippen LogP contribution is -2.20. The van der Waals surface area contributed by atoms with Crippen LogP contribution in [0.1, 0.15) is 30.4 Å². The Bertz CT molecular complexity index is 579. The fourth-order valence-corrected chi connectivity index (χ4v) is 4.88. The molecule has 3 aliphatic rings. The lowest BCUT2D eigenvalue weighted by atomic mass is 10.0. The molecular weight excluding hydrogens is 248 g/mol. The maximum absolute atomic E-state index is 12.6. The monoisotopic (exact) mass is 270 g/mol. The van der Waals surface area contributed by atoms with Gasteiger partial charge in [0.25, 0.3) is 0 Å². The first-order valence-corrected chi connectivity index (χ1v) is 7.74. The molecule has 1 amide bonds. The highest BCUT2D eigenvalue weighted by molar-refractivity contribution is 5.98. The zero-order valence-electron chi connectivity index (χ0n) is 12.1. The quantitative estimate of drug-likeness (QED) is 0.811. The fourth-order valence-electron chi connectivity index (χ4n) is 4.88. The molecule has 3 fully saturated rings. The van der Waals surface area contributed by atoms with Crippen molar-refractivity contribution in [2.75, 3.05) is 11.1 Å². The zero-order chi connectivity index (χ0) is 14.0. The number of fused-ring (bicyclic) bond motifs is 5. The SMILES string of the molecule is Cc1ccc(N)c(NC(=O)C2C3C4CCC(C4)C23)c1C. The van der Waals surface area contributed by atoms with E-state index < -0.39 is 0 Å². The minimum Gasteiger partial charge on any atom is -0.397 e. The minimum absolute atomic E-state index is 0.206. The summed E-state index contributed by atoms with van der Waals surface area (Å²) in [7, 11) is 0. The van der Waals surface area contributed by atoms with Crippen LogP contribution in [0.5, 0.6) is 0 Å². The molecule has 2 bridgehead atoms. The molecule has 3 saturated carbocycles. The third kappa shape index (κ3) is 1.55. The van der Waals surface area contributed by atoms with E-state index in [1.54, 1.807) is 0 Å². The third-order valence-electron chi connectivity index (χ3n) is 6.05. The van der Waals surface area contributed by atoms with Gasteiger partial charge in [-0.2, -0.15) is 0 Å². The molecule has 3 nitrogen and oxygen atoms in total. The first-order chi connectivity index (χ1) is 9.58. The van der Waals surface area contributed by atoms with Gasteiger partial charge in [0.2, 0.25) is 5.91 Å². The predicted molar refractivity (Wildman–Crippen MR) is 80.3 cm³/mol. The van der Waals surface area contributed by atoms with E-state index in [9.17, 15) is 4.79 Å². The summed E-state index contributed by atoms with van der Waals surface area (Å²) in [5, 5.41) is 3.11. The van der Waals surface area contributed by atoms with Crippen molar-refractivity contribution >= 4 is 17.3 Å². The van der Waals surface area contributed by atoms with E-state index in [-0.39, 0.29) is 11.8 Å². The second kappa shape index (κ2) is 4.00. The molecule has 1 aromatic carbocycles. The predicted octanol–water partition coefficient (Wildman–Crippen LogP) is 3.12. The van der Waals surface area contributed by atoms with E-state index in [0.717, 1.165) is 23.1 Å². The van der Waals surface area contributed by atoms with Gasteiger partial charge in [-0.05, 0) is 74.0 Å². The third-order valence-corrected chi connectivity index (χ3v) is 6.05. The highest BCUT2D eigenvalue weighted by atomic mass is 16.2. The van der Waals surface area contributed by atoms with Crippen LogP contribution in [0.25, 0.3) is 0 Å². The molecule has 4 unspecified atom stereocenters. The molecule has 1 aromatic rings. The molecular formula is C17H22N2O. The Morgan fingerprint density at radius 1 is 1.20 bits per heavy atom. The number of rotatable bonds is 2. The number of benzene rings is 1. The van der Waals surface area contributed by atoms with Crippen LogP contribution in [-0.2, 0) is 4.79 Å². The summed E-state index contributed by atoms with van der Waals surface area (Å²) < 4.78 is 0.